The van der Waals surface area contributed by atoms with Crippen molar-refractivity contribution in [2.24, 2.45) is 22.7 Å². The number of rotatable bonds is 9. The Morgan fingerprint density at radius 3 is 2.11 bits per heavy atom. The van der Waals surface area contributed by atoms with E-state index in [-0.39, 0.29) is 35.7 Å². The number of carbonyl (C=O) groups is 4. The number of carbonyl (C=O) groups excluding carboxylic acids is 4. The van der Waals surface area contributed by atoms with Gasteiger partial charge in [-0.25, -0.2) is 19.6 Å². The molecule has 3 aromatic carbocycles. The average molecular weight is 749 g/mol. The highest BCUT2D eigenvalue weighted by atomic mass is 16.5. The number of nitrogens with one attached hydrogen (secondary N) is 3. The van der Waals surface area contributed by atoms with Gasteiger partial charge in [-0.05, 0) is 78.3 Å². The van der Waals surface area contributed by atoms with E-state index in [0.717, 1.165) is 81.3 Å². The summed E-state index contributed by atoms with van der Waals surface area (Å²) in [5, 5.41) is 4.74. The van der Waals surface area contributed by atoms with E-state index in [9.17, 15) is 19.2 Å². The highest BCUT2D eigenvalue weighted by Gasteiger charge is 2.38. The molecule has 3 N–H and O–H groups in total. The summed E-state index contributed by atoms with van der Waals surface area (Å²) >= 11 is 0. The van der Waals surface area contributed by atoms with Crippen molar-refractivity contribution in [2.75, 3.05) is 27.3 Å². The van der Waals surface area contributed by atoms with Crippen LogP contribution in [0.15, 0.2) is 53.5 Å². The lowest BCUT2D eigenvalue weighted by Gasteiger charge is -2.29. The second kappa shape index (κ2) is 15.5. The normalized spacial score (nSPS) is 18.6. The van der Waals surface area contributed by atoms with Crippen LogP contribution < -0.4 is 5.32 Å². The molecule has 4 heterocycles. The van der Waals surface area contributed by atoms with Crippen LogP contribution in [0.1, 0.15) is 77.1 Å². The fourth-order valence-electron chi connectivity index (χ4n) is 7.94. The molecule has 4 amide bonds. The van der Waals surface area contributed by atoms with Crippen molar-refractivity contribution in [1.82, 2.24) is 35.1 Å². The molecule has 0 spiro atoms. The lowest BCUT2D eigenvalue weighted by molar-refractivity contribution is -0.136. The Morgan fingerprint density at radius 1 is 0.800 bits per heavy atom. The predicted molar refractivity (Wildman–Crippen MR) is 209 cm³/mol. The highest BCUT2D eigenvalue weighted by Crippen LogP contribution is 2.37. The van der Waals surface area contributed by atoms with Crippen molar-refractivity contribution < 1.29 is 28.7 Å². The molecule has 1 unspecified atom stereocenters. The zero-order chi connectivity index (χ0) is 39.0. The Labute approximate surface area is 319 Å². The number of hydrogen-bond acceptors (Lipinski definition) is 8. The summed E-state index contributed by atoms with van der Waals surface area (Å²) in [6.45, 7) is 8.87. The fraction of sp³-hybridized carbons (Fsp3) is 0.439. The van der Waals surface area contributed by atoms with Crippen LogP contribution in [0, 0.1) is 17.8 Å². The fourth-order valence-corrected chi connectivity index (χ4v) is 7.94. The molecule has 2 aliphatic heterocycles. The number of alkyl carbamates (subject to hydrolysis) is 1. The summed E-state index contributed by atoms with van der Waals surface area (Å²) in [7, 11) is 2.55. The van der Waals surface area contributed by atoms with Crippen molar-refractivity contribution in [2.45, 2.75) is 71.5 Å². The molecule has 2 aliphatic rings. The van der Waals surface area contributed by atoms with Crippen LogP contribution in [0.5, 0.6) is 0 Å². The minimum Gasteiger partial charge on any atom is -0.453 e. The summed E-state index contributed by atoms with van der Waals surface area (Å²) in [5.41, 5.74) is 5.46. The first-order valence-corrected chi connectivity index (χ1v) is 19.0. The van der Waals surface area contributed by atoms with Gasteiger partial charge in [-0.3, -0.25) is 9.59 Å². The van der Waals surface area contributed by atoms with Gasteiger partial charge in [0.05, 0.1) is 54.3 Å². The number of likely N-dealkylation sites (tertiary alicyclic amines) is 2. The molecular formula is C41H48N8O6. The number of aromatic amines is 2. The molecule has 7 rings (SSSR count). The van der Waals surface area contributed by atoms with Gasteiger partial charge in [0.2, 0.25) is 11.8 Å². The molecule has 55 heavy (non-hydrogen) atoms. The van der Waals surface area contributed by atoms with E-state index < -0.39 is 24.1 Å². The molecule has 2 fully saturated rings. The standard InChI is InChI=1S/C41H48N8O6/c1-22(2)28(21-42-40(52)54-5)38(50)48-17-7-10-33(48)37-44-30-16-13-26-19-24(11-14-27(26)35(30)46-37)25-12-15-29-31(20-25)45-36(43-29)32-9-8-18-49(32)39(51)34(23(3)4)47-41(53)55-6/h11-16,19-23,28,32-34H,7-10,17-18H2,1-6H3,(H,43,45)(H,44,46)(H,47,53)/b42-21+/t28?,32-,33-,34-/m0/s1. The molecule has 4 atom stereocenters. The molecule has 0 saturated carbocycles. The van der Waals surface area contributed by atoms with Gasteiger partial charge in [0, 0.05) is 24.7 Å². The maximum atomic E-state index is 13.8. The number of nitrogens with zero attached hydrogens (tertiary/aromatic N) is 5. The van der Waals surface area contributed by atoms with E-state index in [0.29, 0.717) is 13.1 Å². The third-order valence-corrected chi connectivity index (χ3v) is 10.9. The summed E-state index contributed by atoms with van der Waals surface area (Å²) in [6, 6.07) is 15.4. The van der Waals surface area contributed by atoms with Crippen LogP contribution in [-0.2, 0) is 19.1 Å². The molecule has 288 valence electrons. The lowest BCUT2D eigenvalue weighted by atomic mass is 9.95. The zero-order valence-corrected chi connectivity index (χ0v) is 32.1. The van der Waals surface area contributed by atoms with Gasteiger partial charge in [0.1, 0.15) is 17.7 Å². The van der Waals surface area contributed by atoms with E-state index in [1.54, 1.807) is 0 Å². The Morgan fingerprint density at radius 2 is 1.44 bits per heavy atom. The quantitative estimate of drug-likeness (QED) is 0.134. The van der Waals surface area contributed by atoms with Gasteiger partial charge < -0.3 is 34.6 Å². The number of aromatic nitrogens is 4. The predicted octanol–water partition coefficient (Wildman–Crippen LogP) is 7.08. The third kappa shape index (κ3) is 7.37. The van der Waals surface area contributed by atoms with Crippen LogP contribution in [0.4, 0.5) is 9.59 Å². The first-order chi connectivity index (χ1) is 26.5. The Hall–Kier alpha value is -5.79. The number of fused-ring (bicyclic) bond motifs is 4. The number of imidazole rings is 2. The van der Waals surface area contributed by atoms with Gasteiger partial charge in [0.25, 0.3) is 0 Å². The first kappa shape index (κ1) is 37.5. The van der Waals surface area contributed by atoms with Crippen LogP contribution in [0.3, 0.4) is 0 Å². The first-order valence-electron chi connectivity index (χ1n) is 19.0. The van der Waals surface area contributed by atoms with Crippen molar-refractivity contribution in [3.8, 4) is 11.1 Å². The van der Waals surface area contributed by atoms with Gasteiger partial charge >= 0.3 is 12.2 Å². The molecule has 0 bridgehead atoms. The summed E-state index contributed by atoms with van der Waals surface area (Å²) in [6.07, 6.45) is 3.29. The van der Waals surface area contributed by atoms with E-state index in [4.69, 9.17) is 14.7 Å². The topological polar surface area (TPSA) is 175 Å². The molecule has 14 nitrogen and oxygen atoms in total. The van der Waals surface area contributed by atoms with Gasteiger partial charge in [0.15, 0.2) is 0 Å². The second-order valence-corrected chi connectivity index (χ2v) is 15.1. The van der Waals surface area contributed by atoms with E-state index in [1.165, 1.54) is 20.4 Å². The number of hydrogen-bond donors (Lipinski definition) is 3. The van der Waals surface area contributed by atoms with E-state index in [2.05, 4.69) is 61.4 Å². The monoisotopic (exact) mass is 748 g/mol. The second-order valence-electron chi connectivity index (χ2n) is 15.1. The average Bonchev–Trinajstić information content (AvgIpc) is 4.00. The molecule has 0 radical (unpaired) electrons. The molecular weight excluding hydrogens is 701 g/mol. The summed E-state index contributed by atoms with van der Waals surface area (Å²) in [4.78, 5) is 75.5. The molecule has 14 heteroatoms. The number of methoxy groups -OCH3 is 2. The van der Waals surface area contributed by atoms with Crippen LogP contribution in [0.2, 0.25) is 0 Å². The largest absolute Gasteiger partial charge is 0.453 e. The van der Waals surface area contributed by atoms with Crippen LogP contribution in [-0.4, -0.2) is 93.3 Å². The minimum absolute atomic E-state index is 0.0547. The van der Waals surface area contributed by atoms with E-state index in [1.807, 2.05) is 49.6 Å². The summed E-state index contributed by atoms with van der Waals surface area (Å²) < 4.78 is 9.41. The number of benzene rings is 3. The van der Waals surface area contributed by atoms with Crippen molar-refractivity contribution in [1.29, 1.82) is 0 Å². The number of H-pyrrole nitrogens is 2. The van der Waals surface area contributed by atoms with Crippen molar-refractivity contribution in [3.63, 3.8) is 0 Å². The Balaban J connectivity index is 1.12. The minimum atomic E-state index is -0.728. The Kier molecular flexibility index (Phi) is 10.6. The molecule has 5 aromatic rings. The Bertz CT molecular complexity index is 2290. The van der Waals surface area contributed by atoms with Gasteiger partial charge in [-0.1, -0.05) is 52.0 Å². The summed E-state index contributed by atoms with van der Waals surface area (Å²) in [5.74, 6) is 0.518. The number of aliphatic imine (C=N–C) groups is 1. The van der Waals surface area contributed by atoms with Crippen LogP contribution >= 0.6 is 0 Å². The molecule has 2 aromatic heterocycles. The van der Waals surface area contributed by atoms with E-state index >= 15 is 0 Å². The highest BCUT2D eigenvalue weighted by molar-refractivity contribution is 6.05. The number of ether oxygens (including phenoxy) is 2. The van der Waals surface area contributed by atoms with Crippen molar-refractivity contribution >= 4 is 63.1 Å². The van der Waals surface area contributed by atoms with Gasteiger partial charge in [-0.2, -0.15) is 4.99 Å². The zero-order valence-electron chi connectivity index (χ0n) is 32.1. The van der Waals surface area contributed by atoms with Crippen LogP contribution in [0.25, 0.3) is 44.0 Å². The van der Waals surface area contributed by atoms with Crippen molar-refractivity contribution in [3.05, 3.63) is 60.2 Å². The maximum Gasteiger partial charge on any atom is 0.432 e. The lowest BCUT2D eigenvalue weighted by Crippen LogP contribution is -2.51. The van der Waals surface area contributed by atoms with Gasteiger partial charge in [-0.15, -0.1) is 0 Å². The third-order valence-electron chi connectivity index (χ3n) is 10.9. The SMILES string of the molecule is COC(=O)/N=C/C(C(=O)N1CCC[C@H]1c1nc2c(ccc3cc(-c4ccc5[nH]c([C@@H]6CCCN6C(=O)[C@@H](NC(=O)OC)C(C)C)nc5c4)ccc32)[nH]1)C(C)C. The number of amides is 4. The molecule has 0 aliphatic carbocycles. The smallest absolute Gasteiger partial charge is 0.432 e. The maximum absolute atomic E-state index is 13.8. The molecule has 2 saturated heterocycles.